The highest BCUT2D eigenvalue weighted by atomic mass is 16.3. The summed E-state index contributed by atoms with van der Waals surface area (Å²) in [7, 11) is 0. The summed E-state index contributed by atoms with van der Waals surface area (Å²) in [5, 5.41) is 20.1. The molecule has 0 saturated carbocycles. The molecule has 0 saturated heterocycles. The molecule has 1 heterocycles. The summed E-state index contributed by atoms with van der Waals surface area (Å²) < 4.78 is 1.93. The largest absolute Gasteiger partial charge is 0.396 e. The summed E-state index contributed by atoms with van der Waals surface area (Å²) in [6.07, 6.45) is 5.81. The van der Waals surface area contributed by atoms with Gasteiger partial charge in [-0.1, -0.05) is 13.8 Å². The Morgan fingerprint density at radius 1 is 1.39 bits per heavy atom. The second-order valence-corrected chi connectivity index (χ2v) is 6.44. The molecular weight excluding hydrogens is 290 g/mol. The summed E-state index contributed by atoms with van der Waals surface area (Å²) in [4.78, 5) is 4.68. The molecule has 0 aliphatic carbocycles. The van der Waals surface area contributed by atoms with E-state index >= 15 is 0 Å². The number of aryl methyl sites for hydroxylation is 1. The predicted octanol–water partition coefficient (Wildman–Crippen LogP) is 1.79. The minimum Gasteiger partial charge on any atom is -0.396 e. The average Bonchev–Trinajstić information content (AvgIpc) is 2.89. The van der Waals surface area contributed by atoms with Gasteiger partial charge in [-0.05, 0) is 44.1 Å². The second-order valence-electron chi connectivity index (χ2n) is 6.44. The van der Waals surface area contributed by atoms with Crippen LogP contribution >= 0.6 is 0 Å². The monoisotopic (exact) mass is 323 g/mol. The van der Waals surface area contributed by atoms with Crippen molar-refractivity contribution in [2.45, 2.75) is 47.1 Å². The average molecular weight is 323 g/mol. The van der Waals surface area contributed by atoms with Crippen LogP contribution in [0.5, 0.6) is 0 Å². The zero-order valence-corrected chi connectivity index (χ0v) is 15.0. The number of aromatic nitrogens is 2. The zero-order valence-electron chi connectivity index (χ0n) is 15.0. The van der Waals surface area contributed by atoms with Gasteiger partial charge in [0.1, 0.15) is 0 Å². The van der Waals surface area contributed by atoms with E-state index in [2.05, 4.69) is 41.5 Å². The molecule has 0 spiro atoms. The lowest BCUT2D eigenvalue weighted by Gasteiger charge is -2.17. The van der Waals surface area contributed by atoms with Crippen molar-refractivity contribution in [2.75, 3.05) is 26.2 Å². The van der Waals surface area contributed by atoms with E-state index < -0.39 is 0 Å². The SMILES string of the molecule is CCNC(=NCC(CCO)CC(C)C)NCCn1cc(C)cn1. The molecule has 3 N–H and O–H groups in total. The number of hydrogen-bond acceptors (Lipinski definition) is 3. The molecule has 23 heavy (non-hydrogen) atoms. The van der Waals surface area contributed by atoms with Crippen molar-refractivity contribution in [1.29, 1.82) is 0 Å². The Labute approximate surface area is 140 Å². The molecule has 132 valence electrons. The van der Waals surface area contributed by atoms with Gasteiger partial charge in [-0.25, -0.2) is 0 Å². The minimum atomic E-state index is 0.232. The van der Waals surface area contributed by atoms with Gasteiger partial charge in [-0.3, -0.25) is 9.67 Å². The van der Waals surface area contributed by atoms with Crippen LogP contribution in [0, 0.1) is 18.8 Å². The van der Waals surface area contributed by atoms with Gasteiger partial charge in [-0.15, -0.1) is 0 Å². The summed E-state index contributed by atoms with van der Waals surface area (Å²) in [5.41, 5.74) is 1.17. The standard InChI is InChI=1S/C17H33N5O/c1-5-18-17(19-7-8-22-13-15(4)11-21-22)20-12-16(6-9-23)10-14(2)3/h11,13-14,16,23H,5-10,12H2,1-4H3,(H2,18,19,20). The Hall–Kier alpha value is -1.56. The van der Waals surface area contributed by atoms with Crippen LogP contribution in [0.4, 0.5) is 0 Å². The maximum absolute atomic E-state index is 9.20. The third-order valence-corrected chi connectivity index (χ3v) is 3.59. The van der Waals surface area contributed by atoms with Crippen molar-refractivity contribution in [3.8, 4) is 0 Å². The van der Waals surface area contributed by atoms with Crippen LogP contribution in [0.15, 0.2) is 17.4 Å². The van der Waals surface area contributed by atoms with Gasteiger partial charge in [0, 0.05) is 32.4 Å². The topological polar surface area (TPSA) is 74.5 Å². The normalized spacial score (nSPS) is 13.4. The van der Waals surface area contributed by atoms with Crippen LogP contribution in [-0.2, 0) is 6.54 Å². The Morgan fingerprint density at radius 2 is 2.17 bits per heavy atom. The molecule has 1 unspecified atom stereocenters. The first-order valence-corrected chi connectivity index (χ1v) is 8.67. The molecule has 0 fully saturated rings. The van der Waals surface area contributed by atoms with Crippen LogP contribution in [0.25, 0.3) is 0 Å². The molecule has 0 aliphatic heterocycles. The first kappa shape index (κ1) is 19.5. The Morgan fingerprint density at radius 3 is 2.74 bits per heavy atom. The van der Waals surface area contributed by atoms with E-state index in [1.54, 1.807) is 0 Å². The fraction of sp³-hybridized carbons (Fsp3) is 0.765. The number of aliphatic hydroxyl groups excluding tert-OH is 1. The van der Waals surface area contributed by atoms with Crippen molar-refractivity contribution >= 4 is 5.96 Å². The first-order valence-electron chi connectivity index (χ1n) is 8.67. The van der Waals surface area contributed by atoms with E-state index in [1.165, 1.54) is 5.56 Å². The van der Waals surface area contributed by atoms with E-state index in [1.807, 2.05) is 24.0 Å². The summed E-state index contributed by atoms with van der Waals surface area (Å²) in [6.45, 7) is 11.9. The number of nitrogens with one attached hydrogen (secondary N) is 2. The Kier molecular flexibility index (Phi) is 9.36. The maximum Gasteiger partial charge on any atom is 0.191 e. The van der Waals surface area contributed by atoms with Crippen LogP contribution < -0.4 is 10.6 Å². The number of aliphatic imine (C=N–C) groups is 1. The van der Waals surface area contributed by atoms with Crippen molar-refractivity contribution in [1.82, 2.24) is 20.4 Å². The number of hydrogen-bond donors (Lipinski definition) is 3. The van der Waals surface area contributed by atoms with Crippen molar-refractivity contribution in [3.63, 3.8) is 0 Å². The first-order chi connectivity index (χ1) is 11.0. The van der Waals surface area contributed by atoms with Gasteiger partial charge in [0.25, 0.3) is 0 Å². The molecule has 1 aromatic heterocycles. The summed E-state index contributed by atoms with van der Waals surface area (Å²) in [5.74, 6) is 1.90. The Balaban J connectivity index is 2.47. The number of aliphatic hydroxyl groups is 1. The molecule has 0 radical (unpaired) electrons. The lowest BCUT2D eigenvalue weighted by molar-refractivity contribution is 0.245. The highest BCUT2D eigenvalue weighted by Crippen LogP contribution is 2.15. The molecule has 1 aromatic rings. The molecule has 6 nitrogen and oxygen atoms in total. The highest BCUT2D eigenvalue weighted by Gasteiger charge is 2.10. The van der Waals surface area contributed by atoms with Crippen molar-refractivity contribution in [3.05, 3.63) is 18.0 Å². The van der Waals surface area contributed by atoms with Crippen LogP contribution in [-0.4, -0.2) is 47.1 Å². The minimum absolute atomic E-state index is 0.232. The van der Waals surface area contributed by atoms with E-state index in [0.717, 1.165) is 45.0 Å². The predicted molar refractivity (Wildman–Crippen MR) is 95.6 cm³/mol. The van der Waals surface area contributed by atoms with Gasteiger partial charge in [0.2, 0.25) is 0 Å². The van der Waals surface area contributed by atoms with Crippen LogP contribution in [0.2, 0.25) is 0 Å². The highest BCUT2D eigenvalue weighted by molar-refractivity contribution is 5.79. The molecule has 0 bridgehead atoms. The Bertz CT molecular complexity index is 456. The zero-order chi connectivity index (χ0) is 17.1. The van der Waals surface area contributed by atoms with Gasteiger partial charge in [-0.2, -0.15) is 5.10 Å². The smallest absolute Gasteiger partial charge is 0.191 e. The van der Waals surface area contributed by atoms with Gasteiger partial charge in [0.15, 0.2) is 5.96 Å². The molecule has 0 aromatic carbocycles. The fourth-order valence-corrected chi connectivity index (χ4v) is 2.57. The number of rotatable bonds is 10. The third kappa shape index (κ3) is 8.59. The van der Waals surface area contributed by atoms with E-state index in [0.29, 0.717) is 11.8 Å². The molecule has 6 heteroatoms. The van der Waals surface area contributed by atoms with Gasteiger partial charge < -0.3 is 15.7 Å². The summed E-state index contributed by atoms with van der Waals surface area (Å²) >= 11 is 0. The van der Waals surface area contributed by atoms with E-state index in [-0.39, 0.29) is 6.61 Å². The van der Waals surface area contributed by atoms with Gasteiger partial charge >= 0.3 is 0 Å². The van der Waals surface area contributed by atoms with Crippen LogP contribution in [0.1, 0.15) is 39.2 Å². The molecule has 1 rings (SSSR count). The number of guanidine groups is 1. The maximum atomic E-state index is 9.20. The van der Waals surface area contributed by atoms with E-state index in [4.69, 9.17) is 0 Å². The molecule has 1 atom stereocenters. The van der Waals surface area contributed by atoms with Gasteiger partial charge in [0.05, 0.1) is 12.7 Å². The second kappa shape index (κ2) is 11.0. The van der Waals surface area contributed by atoms with E-state index in [9.17, 15) is 5.11 Å². The molecule has 0 amide bonds. The quantitative estimate of drug-likeness (QED) is 0.453. The third-order valence-electron chi connectivity index (χ3n) is 3.59. The molecular formula is C17H33N5O. The lowest BCUT2D eigenvalue weighted by atomic mass is 9.94. The number of nitrogens with zero attached hydrogens (tertiary/aromatic N) is 3. The van der Waals surface area contributed by atoms with Crippen LogP contribution in [0.3, 0.4) is 0 Å². The lowest BCUT2D eigenvalue weighted by Crippen LogP contribution is -2.39. The summed E-state index contributed by atoms with van der Waals surface area (Å²) in [6, 6.07) is 0. The van der Waals surface area contributed by atoms with Crippen molar-refractivity contribution in [2.24, 2.45) is 16.8 Å². The van der Waals surface area contributed by atoms with Crippen molar-refractivity contribution < 1.29 is 5.11 Å². The fourth-order valence-electron chi connectivity index (χ4n) is 2.57. The molecule has 0 aliphatic rings.